The molecule has 0 radical (unpaired) electrons. The minimum absolute atomic E-state index is 0.556. The van der Waals surface area contributed by atoms with Crippen molar-refractivity contribution < 1.29 is 0 Å². The summed E-state index contributed by atoms with van der Waals surface area (Å²) >= 11 is 0. The van der Waals surface area contributed by atoms with Gasteiger partial charge in [0.05, 0.1) is 11.8 Å². The van der Waals surface area contributed by atoms with Crippen LogP contribution >= 0.6 is 0 Å². The second kappa shape index (κ2) is 3.91. The van der Waals surface area contributed by atoms with Gasteiger partial charge in [-0.2, -0.15) is 5.26 Å². The lowest BCUT2D eigenvalue weighted by molar-refractivity contribution is 0.807. The molecule has 0 amide bonds. The number of aromatic nitrogens is 2. The summed E-state index contributed by atoms with van der Waals surface area (Å²) in [5, 5.41) is 8.38. The van der Waals surface area contributed by atoms with Crippen molar-refractivity contribution in [3.63, 3.8) is 0 Å². The topological polar surface area (TPSA) is 41.6 Å². The van der Waals surface area contributed by atoms with Gasteiger partial charge in [0, 0.05) is 32.5 Å². The fraction of sp³-hybridized carbons (Fsp3) is 0.556. The number of nitrogens with zero attached hydrogens (tertiary/aromatic N) is 3. The molecular weight excluding hydrogens is 150 g/mol. The minimum Gasteiger partial charge on any atom is -0.338 e. The summed E-state index contributed by atoms with van der Waals surface area (Å²) in [5.41, 5.74) is 1.02. The second-order valence-corrected chi connectivity index (χ2v) is 2.77. The summed E-state index contributed by atoms with van der Waals surface area (Å²) in [4.78, 5) is 4.38. The van der Waals surface area contributed by atoms with Gasteiger partial charge in [0.1, 0.15) is 5.82 Å². The first-order valence-electron chi connectivity index (χ1n) is 4.16. The molecule has 0 spiro atoms. The van der Waals surface area contributed by atoms with E-state index in [2.05, 4.69) is 18.0 Å². The van der Waals surface area contributed by atoms with E-state index in [1.54, 1.807) is 0 Å². The Kier molecular flexibility index (Phi) is 2.87. The van der Waals surface area contributed by atoms with Crippen LogP contribution in [0.2, 0.25) is 0 Å². The minimum atomic E-state index is 0.556. The zero-order valence-corrected chi connectivity index (χ0v) is 7.54. The van der Waals surface area contributed by atoms with E-state index in [1.165, 1.54) is 0 Å². The van der Waals surface area contributed by atoms with Crippen LogP contribution in [0.3, 0.4) is 0 Å². The molecule has 3 nitrogen and oxygen atoms in total. The first kappa shape index (κ1) is 8.79. The standard InChI is InChI=1S/C9H13N3/c1-3-9-11-8(5-4-6-10)7-12(9)2/h7H,3-5H2,1-2H3. The van der Waals surface area contributed by atoms with Crippen LogP contribution in [0.25, 0.3) is 0 Å². The summed E-state index contributed by atoms with van der Waals surface area (Å²) in [5.74, 6) is 1.09. The van der Waals surface area contributed by atoms with Crippen molar-refractivity contribution in [1.82, 2.24) is 9.55 Å². The average Bonchev–Trinajstić information content (AvgIpc) is 2.43. The van der Waals surface area contributed by atoms with Gasteiger partial charge in [-0.25, -0.2) is 4.98 Å². The molecule has 0 fully saturated rings. The summed E-state index contributed by atoms with van der Waals surface area (Å²) < 4.78 is 2.02. The molecule has 0 unspecified atom stereocenters. The number of hydrogen-bond donors (Lipinski definition) is 0. The molecule has 0 saturated carbocycles. The van der Waals surface area contributed by atoms with E-state index >= 15 is 0 Å². The zero-order valence-electron chi connectivity index (χ0n) is 7.54. The van der Waals surface area contributed by atoms with Crippen LogP contribution in [-0.4, -0.2) is 9.55 Å². The van der Waals surface area contributed by atoms with E-state index in [1.807, 2.05) is 17.8 Å². The molecule has 12 heavy (non-hydrogen) atoms. The lowest BCUT2D eigenvalue weighted by Crippen LogP contribution is -1.93. The molecule has 0 saturated heterocycles. The number of aryl methyl sites for hydroxylation is 3. The summed E-state index contributed by atoms with van der Waals surface area (Å²) in [6.45, 7) is 2.08. The quantitative estimate of drug-likeness (QED) is 0.676. The third kappa shape index (κ3) is 1.85. The lowest BCUT2D eigenvalue weighted by Gasteiger charge is -1.92. The van der Waals surface area contributed by atoms with Gasteiger partial charge >= 0.3 is 0 Å². The molecule has 0 aromatic carbocycles. The highest BCUT2D eigenvalue weighted by molar-refractivity contribution is 5.04. The molecule has 1 aromatic heterocycles. The molecule has 0 atom stereocenters. The van der Waals surface area contributed by atoms with Crippen molar-refractivity contribution in [2.24, 2.45) is 7.05 Å². The number of hydrogen-bond acceptors (Lipinski definition) is 2. The number of rotatable bonds is 3. The first-order valence-corrected chi connectivity index (χ1v) is 4.16. The Hall–Kier alpha value is -1.30. The van der Waals surface area contributed by atoms with Crippen LogP contribution in [-0.2, 0) is 19.9 Å². The lowest BCUT2D eigenvalue weighted by atomic mass is 10.3. The highest BCUT2D eigenvalue weighted by Crippen LogP contribution is 2.04. The third-order valence-corrected chi connectivity index (χ3v) is 1.83. The smallest absolute Gasteiger partial charge is 0.108 e. The van der Waals surface area contributed by atoms with Crippen LogP contribution in [0.5, 0.6) is 0 Å². The number of imidazole rings is 1. The largest absolute Gasteiger partial charge is 0.338 e. The van der Waals surface area contributed by atoms with Crippen LogP contribution in [0.15, 0.2) is 6.20 Å². The van der Waals surface area contributed by atoms with Gasteiger partial charge in [-0.15, -0.1) is 0 Å². The SMILES string of the molecule is CCc1nc(CCC#N)cn1C. The van der Waals surface area contributed by atoms with Crippen LogP contribution in [0.4, 0.5) is 0 Å². The predicted octanol–water partition coefficient (Wildman–Crippen LogP) is 1.44. The van der Waals surface area contributed by atoms with E-state index in [9.17, 15) is 0 Å². The van der Waals surface area contributed by atoms with Crippen molar-refractivity contribution in [3.05, 3.63) is 17.7 Å². The van der Waals surface area contributed by atoms with E-state index in [0.29, 0.717) is 6.42 Å². The molecule has 0 aliphatic rings. The Morgan fingerprint density at radius 1 is 1.67 bits per heavy atom. The Morgan fingerprint density at radius 2 is 2.42 bits per heavy atom. The van der Waals surface area contributed by atoms with Gasteiger partial charge in [0.15, 0.2) is 0 Å². The molecule has 64 valence electrons. The fourth-order valence-electron chi connectivity index (χ4n) is 1.20. The van der Waals surface area contributed by atoms with Gasteiger partial charge in [0.25, 0.3) is 0 Å². The molecule has 0 N–H and O–H groups in total. The van der Waals surface area contributed by atoms with Crippen molar-refractivity contribution >= 4 is 0 Å². The summed E-state index contributed by atoms with van der Waals surface area (Å²) in [7, 11) is 1.99. The highest BCUT2D eigenvalue weighted by atomic mass is 15.0. The van der Waals surface area contributed by atoms with E-state index in [0.717, 1.165) is 24.4 Å². The van der Waals surface area contributed by atoms with Gasteiger partial charge in [-0.1, -0.05) is 6.92 Å². The Labute approximate surface area is 72.7 Å². The first-order chi connectivity index (χ1) is 5.77. The van der Waals surface area contributed by atoms with Crippen molar-refractivity contribution in [1.29, 1.82) is 5.26 Å². The summed E-state index contributed by atoms with van der Waals surface area (Å²) in [6, 6.07) is 2.11. The molecule has 1 rings (SSSR count). The normalized spacial score (nSPS) is 9.75. The Balaban J connectivity index is 2.70. The molecule has 0 aliphatic carbocycles. The molecule has 0 bridgehead atoms. The van der Waals surface area contributed by atoms with Crippen molar-refractivity contribution in [2.75, 3.05) is 0 Å². The summed E-state index contributed by atoms with van der Waals surface area (Å²) in [6.07, 6.45) is 4.27. The molecule has 0 aliphatic heterocycles. The van der Waals surface area contributed by atoms with E-state index in [-0.39, 0.29) is 0 Å². The fourth-order valence-corrected chi connectivity index (χ4v) is 1.20. The number of nitriles is 1. The van der Waals surface area contributed by atoms with Crippen LogP contribution in [0.1, 0.15) is 24.9 Å². The maximum atomic E-state index is 8.38. The third-order valence-electron chi connectivity index (χ3n) is 1.83. The van der Waals surface area contributed by atoms with Crippen LogP contribution in [0, 0.1) is 11.3 Å². The van der Waals surface area contributed by atoms with Gasteiger partial charge < -0.3 is 4.57 Å². The van der Waals surface area contributed by atoms with Gasteiger partial charge in [-0.3, -0.25) is 0 Å². The van der Waals surface area contributed by atoms with Crippen molar-refractivity contribution in [2.45, 2.75) is 26.2 Å². The zero-order chi connectivity index (χ0) is 8.97. The molecule has 3 heteroatoms. The monoisotopic (exact) mass is 163 g/mol. The molecular formula is C9H13N3. The highest BCUT2D eigenvalue weighted by Gasteiger charge is 2.01. The van der Waals surface area contributed by atoms with Gasteiger partial charge in [0.2, 0.25) is 0 Å². The Bertz CT molecular complexity index is 293. The van der Waals surface area contributed by atoms with E-state index in [4.69, 9.17) is 5.26 Å². The Morgan fingerprint density at radius 3 is 2.92 bits per heavy atom. The maximum absolute atomic E-state index is 8.38. The second-order valence-electron chi connectivity index (χ2n) is 2.77. The molecule has 1 aromatic rings. The molecule has 1 heterocycles. The van der Waals surface area contributed by atoms with E-state index < -0.39 is 0 Å². The predicted molar refractivity (Wildman–Crippen MR) is 46.5 cm³/mol. The maximum Gasteiger partial charge on any atom is 0.108 e. The van der Waals surface area contributed by atoms with Gasteiger partial charge in [-0.05, 0) is 0 Å². The average molecular weight is 163 g/mol. The van der Waals surface area contributed by atoms with Crippen molar-refractivity contribution in [3.8, 4) is 6.07 Å². The van der Waals surface area contributed by atoms with Crippen LogP contribution < -0.4 is 0 Å².